The first-order chi connectivity index (χ1) is 9.10. The van der Waals surface area contributed by atoms with Crippen LogP contribution in [-0.4, -0.2) is 30.6 Å². The molecule has 102 valence electrons. The molecule has 1 N–H and O–H groups in total. The van der Waals surface area contributed by atoms with E-state index in [1.807, 2.05) is 12.1 Å². The van der Waals surface area contributed by atoms with Crippen LogP contribution < -0.4 is 5.32 Å². The number of aryl methyl sites for hydroxylation is 1. The summed E-state index contributed by atoms with van der Waals surface area (Å²) < 4.78 is 0. The van der Waals surface area contributed by atoms with E-state index in [1.165, 1.54) is 25.1 Å². The second-order valence-electron chi connectivity index (χ2n) is 5.79. The molecule has 1 heterocycles. The van der Waals surface area contributed by atoms with Gasteiger partial charge in [-0.05, 0) is 57.4 Å². The molecule has 3 nitrogen and oxygen atoms in total. The normalized spacial score (nSPS) is 19.6. The Morgan fingerprint density at radius 3 is 2.89 bits per heavy atom. The number of nitrogens with one attached hydrogen (secondary N) is 1. The molecule has 1 aromatic rings. The molecule has 1 aliphatic heterocycles. The number of likely N-dealkylation sites (tertiary alicyclic amines) is 1. The van der Waals surface area contributed by atoms with Crippen molar-refractivity contribution in [2.45, 2.75) is 33.2 Å². The van der Waals surface area contributed by atoms with E-state index in [4.69, 9.17) is 5.26 Å². The molecule has 1 aliphatic rings. The number of rotatable bonds is 4. The zero-order chi connectivity index (χ0) is 13.8. The van der Waals surface area contributed by atoms with Crippen molar-refractivity contribution in [1.82, 2.24) is 4.90 Å². The quantitative estimate of drug-likeness (QED) is 0.901. The van der Waals surface area contributed by atoms with Crippen molar-refractivity contribution in [3.05, 3.63) is 29.3 Å². The minimum atomic E-state index is 0.638. The molecule has 3 heteroatoms. The highest BCUT2D eigenvalue weighted by molar-refractivity contribution is 5.58. The zero-order valence-corrected chi connectivity index (χ0v) is 12.1. The molecule has 1 saturated heterocycles. The molecular weight excluding hydrogens is 234 g/mol. The molecule has 0 radical (unpaired) electrons. The Morgan fingerprint density at radius 1 is 1.47 bits per heavy atom. The average molecular weight is 257 g/mol. The lowest BCUT2D eigenvalue weighted by molar-refractivity contribution is 0.266. The van der Waals surface area contributed by atoms with Crippen LogP contribution >= 0.6 is 0 Å². The van der Waals surface area contributed by atoms with Crippen LogP contribution in [0.5, 0.6) is 0 Å². The van der Waals surface area contributed by atoms with Gasteiger partial charge < -0.3 is 10.2 Å². The molecule has 2 rings (SSSR count). The van der Waals surface area contributed by atoms with Gasteiger partial charge in [0.1, 0.15) is 6.07 Å². The third-order valence-corrected chi connectivity index (χ3v) is 3.92. The van der Waals surface area contributed by atoms with Crippen molar-refractivity contribution in [1.29, 1.82) is 5.26 Å². The van der Waals surface area contributed by atoms with Gasteiger partial charge in [0.05, 0.1) is 11.3 Å². The maximum Gasteiger partial charge on any atom is 0.101 e. The first-order valence-corrected chi connectivity index (χ1v) is 7.09. The zero-order valence-electron chi connectivity index (χ0n) is 12.1. The molecule has 1 fully saturated rings. The van der Waals surface area contributed by atoms with Crippen LogP contribution in [0.15, 0.2) is 18.2 Å². The summed E-state index contributed by atoms with van der Waals surface area (Å²) in [4.78, 5) is 2.52. The lowest BCUT2D eigenvalue weighted by Gasteiger charge is -2.20. The summed E-state index contributed by atoms with van der Waals surface area (Å²) in [6, 6.07) is 8.83. The first kappa shape index (κ1) is 13.9. The lowest BCUT2D eigenvalue weighted by atomic mass is 10.1. The second kappa shape index (κ2) is 6.08. The first-order valence-electron chi connectivity index (χ1n) is 7.09. The number of nitrogens with zero attached hydrogens (tertiary/aromatic N) is 2. The van der Waals surface area contributed by atoms with E-state index in [0.29, 0.717) is 12.0 Å². The minimum Gasteiger partial charge on any atom is -0.384 e. The van der Waals surface area contributed by atoms with Crippen molar-refractivity contribution >= 4 is 5.69 Å². The van der Waals surface area contributed by atoms with Gasteiger partial charge in [-0.25, -0.2) is 0 Å². The highest BCUT2D eigenvalue weighted by Crippen LogP contribution is 2.21. The van der Waals surface area contributed by atoms with E-state index >= 15 is 0 Å². The Morgan fingerprint density at radius 2 is 2.26 bits per heavy atom. The summed E-state index contributed by atoms with van der Waals surface area (Å²) in [6.07, 6.45) is 1.25. The highest BCUT2D eigenvalue weighted by Gasteiger charge is 2.23. The Bertz CT molecular complexity index is 473. The third kappa shape index (κ3) is 3.48. The molecule has 1 unspecified atom stereocenters. The van der Waals surface area contributed by atoms with Crippen LogP contribution in [0, 0.1) is 24.2 Å². The van der Waals surface area contributed by atoms with Gasteiger partial charge in [-0.1, -0.05) is 6.07 Å². The summed E-state index contributed by atoms with van der Waals surface area (Å²) >= 11 is 0. The fourth-order valence-corrected chi connectivity index (χ4v) is 2.65. The molecule has 1 aromatic carbocycles. The monoisotopic (exact) mass is 257 g/mol. The van der Waals surface area contributed by atoms with Gasteiger partial charge in [-0.3, -0.25) is 0 Å². The fourth-order valence-electron chi connectivity index (χ4n) is 2.65. The van der Waals surface area contributed by atoms with Crippen LogP contribution in [0.3, 0.4) is 0 Å². The molecular formula is C16H23N3. The summed E-state index contributed by atoms with van der Waals surface area (Å²) in [7, 11) is 0. The van der Waals surface area contributed by atoms with Gasteiger partial charge in [0.2, 0.25) is 0 Å². The Hall–Kier alpha value is -1.53. The van der Waals surface area contributed by atoms with Crippen molar-refractivity contribution in [2.75, 3.05) is 25.0 Å². The number of hydrogen-bond donors (Lipinski definition) is 1. The third-order valence-electron chi connectivity index (χ3n) is 3.92. The maximum absolute atomic E-state index is 9.12. The predicted octanol–water partition coefficient (Wildman–Crippen LogP) is 3.01. The molecule has 0 bridgehead atoms. The lowest BCUT2D eigenvalue weighted by Crippen LogP contribution is -2.29. The van der Waals surface area contributed by atoms with Crippen molar-refractivity contribution < 1.29 is 0 Å². The van der Waals surface area contributed by atoms with Crippen molar-refractivity contribution in [3.8, 4) is 6.07 Å². The number of anilines is 1. The SMILES string of the molecule is Cc1ccc(C#N)c(NCC2CCN(C(C)C)C2)c1. The van der Waals surface area contributed by atoms with E-state index in [2.05, 4.69) is 43.1 Å². The highest BCUT2D eigenvalue weighted by atomic mass is 15.2. The van der Waals surface area contributed by atoms with E-state index in [-0.39, 0.29) is 0 Å². The van der Waals surface area contributed by atoms with E-state index in [1.54, 1.807) is 0 Å². The molecule has 19 heavy (non-hydrogen) atoms. The van der Waals surface area contributed by atoms with Gasteiger partial charge in [0.15, 0.2) is 0 Å². The molecule has 0 aliphatic carbocycles. The van der Waals surface area contributed by atoms with Crippen LogP contribution in [0.2, 0.25) is 0 Å². The van der Waals surface area contributed by atoms with E-state index in [0.717, 1.165) is 17.8 Å². The van der Waals surface area contributed by atoms with Gasteiger partial charge in [-0.2, -0.15) is 5.26 Å². The predicted molar refractivity (Wildman–Crippen MR) is 79.2 cm³/mol. The molecule has 0 spiro atoms. The van der Waals surface area contributed by atoms with E-state index < -0.39 is 0 Å². The Balaban J connectivity index is 1.93. The number of benzene rings is 1. The number of hydrogen-bond acceptors (Lipinski definition) is 3. The van der Waals surface area contributed by atoms with Crippen molar-refractivity contribution in [3.63, 3.8) is 0 Å². The largest absolute Gasteiger partial charge is 0.384 e. The van der Waals surface area contributed by atoms with Gasteiger partial charge in [0.25, 0.3) is 0 Å². The summed E-state index contributed by atoms with van der Waals surface area (Å²) in [6.45, 7) is 9.89. The van der Waals surface area contributed by atoms with Gasteiger partial charge in [-0.15, -0.1) is 0 Å². The van der Waals surface area contributed by atoms with Crippen LogP contribution in [0.1, 0.15) is 31.4 Å². The average Bonchev–Trinajstić information content (AvgIpc) is 2.85. The van der Waals surface area contributed by atoms with Gasteiger partial charge >= 0.3 is 0 Å². The van der Waals surface area contributed by atoms with Crippen LogP contribution in [-0.2, 0) is 0 Å². The Kier molecular flexibility index (Phi) is 4.44. The molecule has 1 atom stereocenters. The van der Waals surface area contributed by atoms with Crippen LogP contribution in [0.4, 0.5) is 5.69 Å². The topological polar surface area (TPSA) is 39.1 Å². The smallest absolute Gasteiger partial charge is 0.101 e. The minimum absolute atomic E-state index is 0.638. The Labute approximate surface area is 116 Å². The maximum atomic E-state index is 9.12. The number of nitriles is 1. The second-order valence-corrected chi connectivity index (χ2v) is 5.79. The molecule has 0 saturated carbocycles. The summed E-state index contributed by atoms with van der Waals surface area (Å²) in [5.41, 5.74) is 2.91. The summed E-state index contributed by atoms with van der Waals surface area (Å²) in [5.74, 6) is 0.689. The summed E-state index contributed by atoms with van der Waals surface area (Å²) in [5, 5.41) is 12.6. The van der Waals surface area contributed by atoms with E-state index in [9.17, 15) is 0 Å². The molecule has 0 amide bonds. The van der Waals surface area contributed by atoms with Crippen LogP contribution in [0.25, 0.3) is 0 Å². The molecule has 0 aromatic heterocycles. The fraction of sp³-hybridized carbons (Fsp3) is 0.562. The standard InChI is InChI=1S/C16H23N3/c1-12(2)19-7-6-14(11-19)10-18-16-8-13(3)4-5-15(16)9-17/h4-5,8,12,14,18H,6-7,10-11H2,1-3H3. The van der Waals surface area contributed by atoms with Gasteiger partial charge in [0, 0.05) is 19.1 Å². The van der Waals surface area contributed by atoms with Crippen molar-refractivity contribution in [2.24, 2.45) is 5.92 Å².